The Kier molecular flexibility index (Phi) is 5.45. The van der Waals surface area contributed by atoms with Crippen LogP contribution < -0.4 is 5.32 Å². The Morgan fingerprint density at radius 1 is 0.952 bits per heavy atom. The second kappa shape index (κ2) is 7.32. The van der Waals surface area contributed by atoms with E-state index >= 15 is 0 Å². The van der Waals surface area contributed by atoms with Crippen molar-refractivity contribution >= 4 is 0 Å². The minimum atomic E-state index is -0.525. The first-order valence-electron chi connectivity index (χ1n) is 7.39. The fourth-order valence-corrected chi connectivity index (χ4v) is 2.55. The van der Waals surface area contributed by atoms with Crippen molar-refractivity contribution in [1.82, 2.24) is 5.32 Å². The maximum atomic E-state index is 13.3. The molecule has 0 radical (unpaired) electrons. The topological polar surface area (TPSA) is 12.0 Å². The van der Waals surface area contributed by atoms with Crippen molar-refractivity contribution in [2.75, 3.05) is 6.54 Å². The van der Waals surface area contributed by atoms with Gasteiger partial charge in [0.1, 0.15) is 11.6 Å². The number of halogens is 2. The van der Waals surface area contributed by atoms with Gasteiger partial charge in [0.2, 0.25) is 0 Å². The van der Waals surface area contributed by atoms with Crippen LogP contribution in [0.2, 0.25) is 0 Å². The molecule has 21 heavy (non-hydrogen) atoms. The molecule has 0 spiro atoms. The average Bonchev–Trinajstić information content (AvgIpc) is 2.46. The highest BCUT2D eigenvalue weighted by atomic mass is 19.1. The molecule has 2 aromatic rings. The molecule has 1 atom stereocenters. The molecule has 0 aliphatic rings. The molecule has 0 heterocycles. The number of aryl methyl sites for hydroxylation is 1. The van der Waals surface area contributed by atoms with Gasteiger partial charge >= 0.3 is 0 Å². The van der Waals surface area contributed by atoms with Crippen molar-refractivity contribution in [2.45, 2.75) is 32.7 Å². The number of hydrogen-bond acceptors (Lipinski definition) is 1. The molecule has 0 aliphatic carbocycles. The molecular weight excluding hydrogens is 268 g/mol. The van der Waals surface area contributed by atoms with Gasteiger partial charge in [-0.2, -0.15) is 0 Å². The van der Waals surface area contributed by atoms with Crippen LogP contribution >= 0.6 is 0 Å². The van der Waals surface area contributed by atoms with Gasteiger partial charge in [0.15, 0.2) is 0 Å². The van der Waals surface area contributed by atoms with E-state index in [4.69, 9.17) is 0 Å². The molecule has 0 aliphatic heterocycles. The van der Waals surface area contributed by atoms with Gasteiger partial charge in [0, 0.05) is 12.1 Å². The molecule has 3 heteroatoms. The highest BCUT2D eigenvalue weighted by Gasteiger charge is 2.13. The summed E-state index contributed by atoms with van der Waals surface area (Å²) in [7, 11) is 0. The average molecular weight is 289 g/mol. The fraction of sp³-hybridized carbons (Fsp3) is 0.333. The first-order valence-corrected chi connectivity index (χ1v) is 7.39. The van der Waals surface area contributed by atoms with Gasteiger partial charge in [-0.15, -0.1) is 0 Å². The van der Waals surface area contributed by atoms with E-state index in [1.807, 2.05) is 13.0 Å². The predicted octanol–water partition coefficient (Wildman–Crippen LogP) is 4.42. The van der Waals surface area contributed by atoms with Crippen LogP contribution in [0.15, 0.2) is 42.5 Å². The summed E-state index contributed by atoms with van der Waals surface area (Å²) in [5, 5.41) is 3.39. The molecule has 0 saturated heterocycles. The van der Waals surface area contributed by atoms with Gasteiger partial charge in [-0.1, -0.05) is 38.1 Å². The Morgan fingerprint density at radius 2 is 1.67 bits per heavy atom. The molecule has 0 fully saturated rings. The van der Waals surface area contributed by atoms with Crippen molar-refractivity contribution < 1.29 is 8.78 Å². The van der Waals surface area contributed by atoms with Crippen LogP contribution in [0.3, 0.4) is 0 Å². The molecule has 112 valence electrons. The van der Waals surface area contributed by atoms with E-state index in [0.717, 1.165) is 24.6 Å². The van der Waals surface area contributed by atoms with E-state index in [9.17, 15) is 8.78 Å². The van der Waals surface area contributed by atoms with Gasteiger partial charge in [-0.05, 0) is 48.2 Å². The Bertz CT molecular complexity index is 575. The molecule has 2 rings (SSSR count). The number of likely N-dealkylation sites (N-methyl/N-ethyl adjacent to an activating group) is 1. The molecule has 2 aromatic carbocycles. The molecule has 0 amide bonds. The van der Waals surface area contributed by atoms with Crippen molar-refractivity contribution in [3.63, 3.8) is 0 Å². The fourth-order valence-electron chi connectivity index (χ4n) is 2.55. The summed E-state index contributed by atoms with van der Waals surface area (Å²) in [6.07, 6.45) is 1.54. The summed E-state index contributed by atoms with van der Waals surface area (Å²) >= 11 is 0. The molecule has 1 nitrogen and oxygen atoms in total. The number of benzene rings is 2. The molecule has 0 bridgehead atoms. The second-order valence-electron chi connectivity index (χ2n) is 5.19. The van der Waals surface area contributed by atoms with E-state index in [0.29, 0.717) is 12.0 Å². The molecule has 0 saturated carbocycles. The third-order valence-electron chi connectivity index (χ3n) is 3.57. The lowest BCUT2D eigenvalue weighted by molar-refractivity contribution is 0.538. The largest absolute Gasteiger partial charge is 0.310 e. The highest BCUT2D eigenvalue weighted by Crippen LogP contribution is 2.21. The number of hydrogen-bond donors (Lipinski definition) is 1. The summed E-state index contributed by atoms with van der Waals surface area (Å²) in [5.74, 6) is -1.05. The van der Waals surface area contributed by atoms with Crippen LogP contribution in [-0.4, -0.2) is 6.54 Å². The third-order valence-corrected chi connectivity index (χ3v) is 3.57. The first kappa shape index (κ1) is 15.6. The lowest BCUT2D eigenvalue weighted by Crippen LogP contribution is -2.23. The maximum absolute atomic E-state index is 13.3. The SMILES string of the molecule is CCNC(Cc1cc(F)cc(F)c1)c1cccc(CC)c1. The minimum Gasteiger partial charge on any atom is -0.310 e. The number of nitrogens with one attached hydrogen (secondary N) is 1. The Labute approximate surface area is 125 Å². The first-order chi connectivity index (χ1) is 10.1. The van der Waals surface area contributed by atoms with Crippen LogP contribution in [-0.2, 0) is 12.8 Å². The minimum absolute atomic E-state index is 0.0581. The lowest BCUT2D eigenvalue weighted by Gasteiger charge is -2.19. The summed E-state index contributed by atoms with van der Waals surface area (Å²) in [6.45, 7) is 4.95. The van der Waals surface area contributed by atoms with Gasteiger partial charge in [0.05, 0.1) is 0 Å². The summed E-state index contributed by atoms with van der Waals surface area (Å²) in [4.78, 5) is 0. The zero-order chi connectivity index (χ0) is 15.2. The zero-order valence-corrected chi connectivity index (χ0v) is 12.5. The zero-order valence-electron chi connectivity index (χ0n) is 12.5. The van der Waals surface area contributed by atoms with Crippen LogP contribution in [0.4, 0.5) is 8.78 Å². The standard InChI is InChI=1S/C18H21F2N/c1-3-13-6-5-7-15(8-13)18(21-4-2)11-14-9-16(19)12-17(20)10-14/h5-10,12,18,21H,3-4,11H2,1-2H3. The lowest BCUT2D eigenvalue weighted by atomic mass is 9.96. The summed E-state index contributed by atoms with van der Waals surface area (Å²) in [6, 6.07) is 12.1. The van der Waals surface area contributed by atoms with Gasteiger partial charge < -0.3 is 5.32 Å². The predicted molar refractivity (Wildman–Crippen MR) is 82.3 cm³/mol. The normalized spacial score (nSPS) is 12.4. The number of rotatable bonds is 6. The van der Waals surface area contributed by atoms with Crippen LogP contribution in [0.1, 0.15) is 36.6 Å². The van der Waals surface area contributed by atoms with Crippen LogP contribution in [0.5, 0.6) is 0 Å². The summed E-state index contributed by atoms with van der Waals surface area (Å²) in [5.41, 5.74) is 3.09. The second-order valence-corrected chi connectivity index (χ2v) is 5.19. The molecule has 1 N–H and O–H groups in total. The Morgan fingerprint density at radius 3 is 2.29 bits per heavy atom. The third kappa shape index (κ3) is 4.36. The Balaban J connectivity index is 2.25. The van der Waals surface area contributed by atoms with Crippen molar-refractivity contribution in [3.05, 3.63) is 70.8 Å². The smallest absolute Gasteiger partial charge is 0.126 e. The summed E-state index contributed by atoms with van der Waals surface area (Å²) < 4.78 is 26.7. The monoisotopic (exact) mass is 289 g/mol. The van der Waals surface area contributed by atoms with E-state index in [2.05, 4.69) is 30.4 Å². The molecule has 0 aromatic heterocycles. The van der Waals surface area contributed by atoms with Crippen molar-refractivity contribution in [3.8, 4) is 0 Å². The molecular formula is C18H21F2N. The van der Waals surface area contributed by atoms with Gasteiger partial charge in [-0.3, -0.25) is 0 Å². The van der Waals surface area contributed by atoms with Gasteiger partial charge in [-0.25, -0.2) is 8.78 Å². The molecule has 1 unspecified atom stereocenters. The van der Waals surface area contributed by atoms with Crippen LogP contribution in [0.25, 0.3) is 0 Å². The van der Waals surface area contributed by atoms with E-state index in [1.54, 1.807) is 0 Å². The van der Waals surface area contributed by atoms with Crippen molar-refractivity contribution in [1.29, 1.82) is 0 Å². The van der Waals surface area contributed by atoms with Crippen LogP contribution in [0, 0.1) is 11.6 Å². The van der Waals surface area contributed by atoms with E-state index in [1.165, 1.54) is 17.7 Å². The van der Waals surface area contributed by atoms with Gasteiger partial charge in [0.25, 0.3) is 0 Å². The van der Waals surface area contributed by atoms with Crippen molar-refractivity contribution in [2.24, 2.45) is 0 Å². The Hall–Kier alpha value is -1.74. The maximum Gasteiger partial charge on any atom is 0.126 e. The van der Waals surface area contributed by atoms with E-state index < -0.39 is 11.6 Å². The van der Waals surface area contributed by atoms with E-state index in [-0.39, 0.29) is 6.04 Å². The quantitative estimate of drug-likeness (QED) is 0.830. The highest BCUT2D eigenvalue weighted by molar-refractivity contribution is 5.28.